The van der Waals surface area contributed by atoms with Gasteiger partial charge in [-0.1, -0.05) is 0 Å². The average molecular weight is 320 g/mol. The summed E-state index contributed by atoms with van der Waals surface area (Å²) in [6, 6.07) is 2.30. The number of benzene rings is 1. The smallest absolute Gasteiger partial charge is 0.418 e. The first kappa shape index (κ1) is 15.6. The Bertz CT molecular complexity index is 733. The highest BCUT2D eigenvalue weighted by Crippen LogP contribution is 2.36. The summed E-state index contributed by atoms with van der Waals surface area (Å²) in [5.74, 6) is -3.56. The Labute approximate surface area is 119 Å². The van der Waals surface area contributed by atoms with Gasteiger partial charge in [-0.25, -0.2) is 13.8 Å². The molecule has 0 unspecified atom stereocenters. The third kappa shape index (κ3) is 3.27. The lowest BCUT2D eigenvalue weighted by Gasteiger charge is -2.09. The molecule has 2 rings (SSSR count). The standard InChI is InChI=1S/C12H5F5N2O3/c13-7-1-2-10(8(14)4-7)22-11-9(19(20)21)3-6(5-18-11)12(15,16)17/h1-5H. The minimum Gasteiger partial charge on any atom is -0.431 e. The summed E-state index contributed by atoms with van der Waals surface area (Å²) in [6.07, 6.45) is -4.53. The van der Waals surface area contributed by atoms with Gasteiger partial charge in [0.05, 0.1) is 10.5 Å². The minimum absolute atomic E-state index is 0.212. The van der Waals surface area contributed by atoms with E-state index < -0.39 is 45.6 Å². The Morgan fingerprint density at radius 1 is 1.18 bits per heavy atom. The molecule has 0 aliphatic rings. The number of hydrogen-bond acceptors (Lipinski definition) is 4. The van der Waals surface area contributed by atoms with Crippen molar-refractivity contribution in [3.05, 3.63) is 57.8 Å². The predicted octanol–water partition coefficient (Wildman–Crippen LogP) is 4.08. The molecule has 0 aliphatic carbocycles. The van der Waals surface area contributed by atoms with E-state index in [1.807, 2.05) is 0 Å². The summed E-state index contributed by atoms with van der Waals surface area (Å²) in [5, 5.41) is 10.8. The van der Waals surface area contributed by atoms with E-state index in [2.05, 4.69) is 4.98 Å². The minimum atomic E-state index is -4.84. The van der Waals surface area contributed by atoms with Crippen LogP contribution in [0.3, 0.4) is 0 Å². The third-order valence-corrected chi connectivity index (χ3v) is 2.46. The average Bonchev–Trinajstić information content (AvgIpc) is 2.40. The summed E-state index contributed by atoms with van der Waals surface area (Å²) < 4.78 is 68.4. The number of ether oxygens (including phenoxy) is 1. The van der Waals surface area contributed by atoms with Crippen LogP contribution in [-0.2, 0) is 6.18 Å². The van der Waals surface area contributed by atoms with Crippen LogP contribution in [0.2, 0.25) is 0 Å². The van der Waals surface area contributed by atoms with Gasteiger partial charge in [0.25, 0.3) is 5.88 Å². The molecule has 0 spiro atoms. The van der Waals surface area contributed by atoms with Crippen LogP contribution in [0.15, 0.2) is 30.5 Å². The zero-order chi connectivity index (χ0) is 16.5. The lowest BCUT2D eigenvalue weighted by molar-refractivity contribution is -0.386. The van der Waals surface area contributed by atoms with Crippen LogP contribution in [0.4, 0.5) is 27.6 Å². The van der Waals surface area contributed by atoms with E-state index in [4.69, 9.17) is 4.74 Å². The molecule has 116 valence electrons. The van der Waals surface area contributed by atoms with Crippen LogP contribution in [-0.4, -0.2) is 9.91 Å². The molecular formula is C12H5F5N2O3. The monoisotopic (exact) mass is 320 g/mol. The topological polar surface area (TPSA) is 65.3 Å². The maximum atomic E-state index is 13.4. The number of hydrogen-bond donors (Lipinski definition) is 0. The Balaban J connectivity index is 2.44. The van der Waals surface area contributed by atoms with Crippen molar-refractivity contribution >= 4 is 5.69 Å². The van der Waals surface area contributed by atoms with Gasteiger partial charge in [-0.3, -0.25) is 10.1 Å². The van der Waals surface area contributed by atoms with E-state index in [9.17, 15) is 32.1 Å². The van der Waals surface area contributed by atoms with Gasteiger partial charge in [0.1, 0.15) is 5.82 Å². The summed E-state index contributed by atoms with van der Waals surface area (Å²) in [4.78, 5) is 12.8. The van der Waals surface area contributed by atoms with Crippen molar-refractivity contribution in [3.63, 3.8) is 0 Å². The maximum absolute atomic E-state index is 13.4. The summed E-state index contributed by atoms with van der Waals surface area (Å²) in [6.45, 7) is 0. The summed E-state index contributed by atoms with van der Waals surface area (Å²) in [5.41, 5.74) is -2.45. The fourth-order valence-electron chi connectivity index (χ4n) is 1.47. The second-order valence-corrected chi connectivity index (χ2v) is 3.98. The first-order valence-corrected chi connectivity index (χ1v) is 5.53. The molecule has 1 aromatic heterocycles. The van der Waals surface area contributed by atoms with Gasteiger partial charge in [-0.15, -0.1) is 0 Å². The largest absolute Gasteiger partial charge is 0.431 e. The number of aromatic nitrogens is 1. The SMILES string of the molecule is O=[N+]([O-])c1cc(C(F)(F)F)cnc1Oc1ccc(F)cc1F. The number of nitrogens with zero attached hydrogens (tertiary/aromatic N) is 2. The molecule has 0 atom stereocenters. The zero-order valence-electron chi connectivity index (χ0n) is 10.4. The molecule has 22 heavy (non-hydrogen) atoms. The third-order valence-electron chi connectivity index (χ3n) is 2.46. The Morgan fingerprint density at radius 2 is 1.86 bits per heavy atom. The Hall–Kier alpha value is -2.78. The van der Waals surface area contributed by atoms with E-state index in [1.165, 1.54) is 0 Å². The molecule has 2 aromatic rings. The molecule has 5 nitrogen and oxygen atoms in total. The van der Waals surface area contributed by atoms with Crippen molar-refractivity contribution in [2.45, 2.75) is 6.18 Å². The highest BCUT2D eigenvalue weighted by molar-refractivity contribution is 5.46. The molecule has 1 heterocycles. The molecule has 0 N–H and O–H groups in total. The molecule has 1 aromatic carbocycles. The van der Waals surface area contributed by atoms with E-state index in [-0.39, 0.29) is 6.07 Å². The van der Waals surface area contributed by atoms with Gasteiger partial charge in [0, 0.05) is 18.3 Å². The predicted molar refractivity (Wildman–Crippen MR) is 62.3 cm³/mol. The molecule has 10 heteroatoms. The second kappa shape index (κ2) is 5.54. The second-order valence-electron chi connectivity index (χ2n) is 3.98. The van der Waals surface area contributed by atoms with Crippen molar-refractivity contribution in [2.24, 2.45) is 0 Å². The number of alkyl halides is 3. The molecule has 0 saturated carbocycles. The van der Waals surface area contributed by atoms with Gasteiger partial charge in [-0.2, -0.15) is 13.2 Å². The first-order chi connectivity index (χ1) is 10.2. The van der Waals surface area contributed by atoms with Gasteiger partial charge in [-0.05, 0) is 12.1 Å². The van der Waals surface area contributed by atoms with Crippen LogP contribution in [0.1, 0.15) is 5.56 Å². The molecule has 0 aliphatic heterocycles. The molecule has 0 amide bonds. The highest BCUT2D eigenvalue weighted by atomic mass is 19.4. The lowest BCUT2D eigenvalue weighted by atomic mass is 10.2. The Kier molecular flexibility index (Phi) is 3.93. The fourth-order valence-corrected chi connectivity index (χ4v) is 1.47. The van der Waals surface area contributed by atoms with E-state index >= 15 is 0 Å². The zero-order valence-corrected chi connectivity index (χ0v) is 10.4. The molecule has 0 saturated heterocycles. The van der Waals surface area contributed by atoms with Gasteiger partial charge < -0.3 is 4.74 Å². The maximum Gasteiger partial charge on any atom is 0.418 e. The van der Waals surface area contributed by atoms with Gasteiger partial charge in [0.2, 0.25) is 0 Å². The van der Waals surface area contributed by atoms with Crippen LogP contribution in [0.5, 0.6) is 11.6 Å². The van der Waals surface area contributed by atoms with Crippen molar-refractivity contribution < 1.29 is 31.6 Å². The van der Waals surface area contributed by atoms with Crippen LogP contribution in [0.25, 0.3) is 0 Å². The van der Waals surface area contributed by atoms with Crippen LogP contribution >= 0.6 is 0 Å². The normalized spacial score (nSPS) is 11.3. The number of pyridine rings is 1. The van der Waals surface area contributed by atoms with Crippen molar-refractivity contribution in [2.75, 3.05) is 0 Å². The molecule has 0 bridgehead atoms. The van der Waals surface area contributed by atoms with E-state index in [0.29, 0.717) is 12.3 Å². The molecule has 0 fully saturated rings. The lowest BCUT2D eigenvalue weighted by Crippen LogP contribution is -2.07. The van der Waals surface area contributed by atoms with E-state index in [1.54, 1.807) is 0 Å². The van der Waals surface area contributed by atoms with Crippen molar-refractivity contribution in [3.8, 4) is 11.6 Å². The first-order valence-electron chi connectivity index (χ1n) is 5.53. The fraction of sp³-hybridized carbons (Fsp3) is 0.0833. The quantitative estimate of drug-likeness (QED) is 0.485. The van der Waals surface area contributed by atoms with Crippen LogP contribution in [0, 0.1) is 21.7 Å². The van der Waals surface area contributed by atoms with Crippen molar-refractivity contribution in [1.29, 1.82) is 0 Å². The summed E-state index contributed by atoms with van der Waals surface area (Å²) in [7, 11) is 0. The van der Waals surface area contributed by atoms with Gasteiger partial charge >= 0.3 is 11.9 Å². The molecule has 0 radical (unpaired) electrons. The number of rotatable bonds is 3. The molecular weight excluding hydrogens is 315 g/mol. The highest BCUT2D eigenvalue weighted by Gasteiger charge is 2.34. The van der Waals surface area contributed by atoms with Crippen LogP contribution < -0.4 is 4.74 Å². The Morgan fingerprint density at radius 3 is 2.41 bits per heavy atom. The number of halogens is 5. The van der Waals surface area contributed by atoms with Crippen molar-refractivity contribution in [1.82, 2.24) is 4.98 Å². The van der Waals surface area contributed by atoms with Gasteiger partial charge in [0.15, 0.2) is 11.6 Å². The van der Waals surface area contributed by atoms with E-state index in [0.717, 1.165) is 12.1 Å². The number of nitro groups is 1. The summed E-state index contributed by atoms with van der Waals surface area (Å²) >= 11 is 0.